The Hall–Kier alpha value is -1.94. The molecule has 0 aromatic rings. The van der Waals surface area contributed by atoms with Crippen molar-refractivity contribution in [1.82, 2.24) is 0 Å². The van der Waals surface area contributed by atoms with Crippen LogP contribution in [0, 0.1) is 0 Å². The van der Waals surface area contributed by atoms with Crippen molar-refractivity contribution in [3.8, 4) is 0 Å². The first-order chi connectivity index (χ1) is 31.6. The van der Waals surface area contributed by atoms with E-state index in [1.807, 2.05) is 0 Å². The smallest absolute Gasteiger partial charge is 0.397 e. The van der Waals surface area contributed by atoms with E-state index in [1.54, 1.807) is 0 Å². The van der Waals surface area contributed by atoms with E-state index >= 15 is 0 Å². The van der Waals surface area contributed by atoms with Gasteiger partial charge in [0.15, 0.2) is 6.29 Å². The van der Waals surface area contributed by atoms with E-state index in [0.29, 0.717) is 13.0 Å². The maximum Gasteiger partial charge on any atom is 0.397 e. The molecule has 1 heterocycles. The van der Waals surface area contributed by atoms with Crippen LogP contribution in [0.3, 0.4) is 0 Å². The van der Waals surface area contributed by atoms with Crippen molar-refractivity contribution < 1.29 is 56.2 Å². The molecule has 1 saturated heterocycles. The van der Waals surface area contributed by atoms with Crippen LogP contribution in [0.2, 0.25) is 0 Å². The first-order valence-electron chi connectivity index (χ1n) is 25.9. The van der Waals surface area contributed by atoms with Crippen LogP contribution in [0.25, 0.3) is 0 Å². The number of aliphatic hydroxyl groups is 3. The summed E-state index contributed by atoms with van der Waals surface area (Å²) in [7, 11) is -5.06. The number of unbranched alkanes of at least 4 members (excludes halogenated alkanes) is 24. The molecule has 1 fully saturated rings. The zero-order valence-corrected chi connectivity index (χ0v) is 41.6. The lowest BCUT2D eigenvalue weighted by Crippen LogP contribution is -2.60. The van der Waals surface area contributed by atoms with Crippen LogP contribution >= 0.6 is 0 Å². The Balaban J connectivity index is 2.30. The molecule has 0 spiro atoms. The van der Waals surface area contributed by atoms with Gasteiger partial charge in [-0.1, -0.05) is 178 Å². The van der Waals surface area contributed by atoms with E-state index in [1.165, 1.54) is 116 Å². The summed E-state index contributed by atoms with van der Waals surface area (Å²) < 4.78 is 59.2. The van der Waals surface area contributed by atoms with Crippen LogP contribution in [0.1, 0.15) is 213 Å². The number of aliphatic hydroxyl groups excluding tert-OH is 3. The Bertz CT molecular complexity index is 1320. The molecule has 65 heavy (non-hydrogen) atoms. The average molecular weight is 943 g/mol. The summed E-state index contributed by atoms with van der Waals surface area (Å²) in [6, 6.07) is 0. The van der Waals surface area contributed by atoms with Gasteiger partial charge in [-0.2, -0.15) is 8.42 Å². The van der Waals surface area contributed by atoms with Crippen molar-refractivity contribution in [2.75, 3.05) is 26.4 Å². The molecule has 1 rings (SSSR count). The molecule has 0 bridgehead atoms. The van der Waals surface area contributed by atoms with Crippen LogP contribution in [-0.4, -0.2) is 97.5 Å². The second-order valence-electron chi connectivity index (χ2n) is 17.8. The number of hydrogen-bond acceptors (Lipinski definition) is 11. The molecule has 0 aromatic heterocycles. The minimum Gasteiger partial charge on any atom is -0.457 e. The number of esters is 1. The number of hydrogen-bond donors (Lipinski definition) is 4. The maximum absolute atomic E-state index is 12.8. The van der Waals surface area contributed by atoms with Crippen molar-refractivity contribution in [3.05, 3.63) is 48.6 Å². The molecule has 1 aliphatic rings. The number of carbonyl (C=O) groups is 1. The maximum atomic E-state index is 12.8. The van der Waals surface area contributed by atoms with Gasteiger partial charge in [0.25, 0.3) is 0 Å². The molecule has 6 unspecified atom stereocenters. The zero-order chi connectivity index (χ0) is 47.5. The second-order valence-corrected chi connectivity index (χ2v) is 18.8. The third kappa shape index (κ3) is 36.7. The molecule has 380 valence electrons. The van der Waals surface area contributed by atoms with Crippen molar-refractivity contribution in [2.45, 2.75) is 250 Å². The predicted octanol–water partition coefficient (Wildman–Crippen LogP) is 11.9. The molecule has 0 saturated carbocycles. The minimum absolute atomic E-state index is 0.0304. The highest BCUT2D eigenvalue weighted by atomic mass is 32.3. The lowest BCUT2D eigenvalue weighted by atomic mass is 9.99. The summed E-state index contributed by atoms with van der Waals surface area (Å²) in [5, 5.41) is 30.7. The number of allylic oxidation sites excluding steroid dienone is 8. The van der Waals surface area contributed by atoms with Gasteiger partial charge in [0.05, 0.1) is 19.8 Å². The third-order valence-corrected chi connectivity index (χ3v) is 12.1. The second kappa shape index (κ2) is 43.3. The van der Waals surface area contributed by atoms with Crippen LogP contribution in [0.15, 0.2) is 48.6 Å². The van der Waals surface area contributed by atoms with Crippen molar-refractivity contribution in [1.29, 1.82) is 0 Å². The van der Waals surface area contributed by atoms with Gasteiger partial charge in [-0.25, -0.2) is 4.18 Å². The van der Waals surface area contributed by atoms with E-state index in [9.17, 15) is 33.1 Å². The highest BCUT2D eigenvalue weighted by Gasteiger charge is 2.48. The summed E-state index contributed by atoms with van der Waals surface area (Å²) in [6.45, 7) is 3.94. The van der Waals surface area contributed by atoms with Gasteiger partial charge >= 0.3 is 16.4 Å². The number of rotatable bonds is 45. The fourth-order valence-electron chi connectivity index (χ4n) is 7.73. The molecule has 13 heteroatoms. The summed E-state index contributed by atoms with van der Waals surface area (Å²) in [5.41, 5.74) is 0. The first-order valence-corrected chi connectivity index (χ1v) is 27.3. The SMILES string of the molecule is CCCCC/C=C\CCCCCCCC(=O)OC(COCCCCCCCCCCCCC/C=C\C/C=C\C/C=C\CCCCCCC)COC1OC(CO)C(O)C(OS(=O)(=O)O)C1O. The molecule has 4 N–H and O–H groups in total. The van der Waals surface area contributed by atoms with Crippen molar-refractivity contribution in [2.24, 2.45) is 0 Å². The van der Waals surface area contributed by atoms with Gasteiger partial charge in [0, 0.05) is 13.0 Å². The fourth-order valence-corrected chi connectivity index (χ4v) is 8.24. The average Bonchev–Trinajstić information content (AvgIpc) is 3.28. The monoisotopic (exact) mass is 943 g/mol. The van der Waals surface area contributed by atoms with Gasteiger partial charge < -0.3 is 34.3 Å². The Kier molecular flexibility index (Phi) is 40.7. The lowest BCUT2D eigenvalue weighted by Gasteiger charge is -2.41. The largest absolute Gasteiger partial charge is 0.457 e. The summed E-state index contributed by atoms with van der Waals surface area (Å²) >= 11 is 0. The number of ether oxygens (including phenoxy) is 4. The van der Waals surface area contributed by atoms with E-state index < -0.39 is 59.8 Å². The molecule has 1 aliphatic heterocycles. The third-order valence-electron chi connectivity index (χ3n) is 11.7. The lowest BCUT2D eigenvalue weighted by molar-refractivity contribution is -0.301. The van der Waals surface area contributed by atoms with E-state index in [2.05, 4.69) is 66.6 Å². The Labute approximate surface area is 396 Å². The van der Waals surface area contributed by atoms with Crippen LogP contribution in [0.4, 0.5) is 0 Å². The first kappa shape index (κ1) is 61.1. The van der Waals surface area contributed by atoms with Gasteiger partial charge in [-0.05, 0) is 77.0 Å². The van der Waals surface area contributed by atoms with Gasteiger partial charge in [0.2, 0.25) is 0 Å². The van der Waals surface area contributed by atoms with E-state index in [-0.39, 0.29) is 19.6 Å². The number of carbonyl (C=O) groups excluding carboxylic acids is 1. The van der Waals surface area contributed by atoms with Crippen molar-refractivity contribution >= 4 is 16.4 Å². The molecule has 12 nitrogen and oxygen atoms in total. The summed E-state index contributed by atoms with van der Waals surface area (Å²) in [6.07, 6.45) is 44.4. The highest BCUT2D eigenvalue weighted by Crippen LogP contribution is 2.26. The van der Waals surface area contributed by atoms with Gasteiger partial charge in [0.1, 0.15) is 30.5 Å². The molecular weight excluding hydrogens is 849 g/mol. The topological polar surface area (TPSA) is 178 Å². The van der Waals surface area contributed by atoms with Crippen LogP contribution in [0.5, 0.6) is 0 Å². The molecule has 0 radical (unpaired) electrons. The van der Waals surface area contributed by atoms with Gasteiger partial charge in [-0.15, -0.1) is 0 Å². The van der Waals surface area contributed by atoms with E-state index in [0.717, 1.165) is 70.6 Å². The standard InChI is InChI=1S/C52H94O12S/c1-3-5-7-9-11-13-15-17-18-19-20-21-22-23-24-25-26-27-28-29-30-32-34-36-38-40-42-60-44-46(62-48(54)41-39-37-35-33-31-16-14-12-10-8-6-4-2)45-61-52-50(56)51(64-65(57,58)59)49(55)47(43-53)63-52/h12,14-15,17,19-20,22-23,46-47,49-53,55-56H,3-11,13,16,18,21,24-45H2,1-2H3,(H,57,58,59)/b14-12-,17-15-,20-19-,23-22-. The molecule has 0 amide bonds. The molecule has 0 aromatic carbocycles. The zero-order valence-electron chi connectivity index (χ0n) is 40.8. The highest BCUT2D eigenvalue weighted by molar-refractivity contribution is 7.80. The fraction of sp³-hybridized carbons (Fsp3) is 0.827. The van der Waals surface area contributed by atoms with Crippen molar-refractivity contribution in [3.63, 3.8) is 0 Å². The Morgan fingerprint density at radius 2 is 1.02 bits per heavy atom. The Morgan fingerprint density at radius 3 is 1.52 bits per heavy atom. The summed E-state index contributed by atoms with van der Waals surface area (Å²) in [4.78, 5) is 12.8. The minimum atomic E-state index is -5.06. The molecule has 6 atom stereocenters. The Morgan fingerprint density at radius 1 is 0.585 bits per heavy atom. The quantitative estimate of drug-likeness (QED) is 0.0197. The summed E-state index contributed by atoms with van der Waals surface area (Å²) in [5.74, 6) is -0.410. The predicted molar refractivity (Wildman–Crippen MR) is 262 cm³/mol. The molecular formula is C52H94O12S. The molecule has 0 aliphatic carbocycles. The normalized spacial score (nSPS) is 20.0. The van der Waals surface area contributed by atoms with Crippen LogP contribution < -0.4 is 0 Å². The van der Waals surface area contributed by atoms with Crippen LogP contribution in [-0.2, 0) is 38.3 Å². The van der Waals surface area contributed by atoms with E-state index in [4.69, 9.17) is 18.9 Å². The van der Waals surface area contributed by atoms with Gasteiger partial charge in [-0.3, -0.25) is 9.35 Å².